The highest BCUT2D eigenvalue weighted by molar-refractivity contribution is 7.80. The predicted molar refractivity (Wildman–Crippen MR) is 92.9 cm³/mol. The van der Waals surface area contributed by atoms with Gasteiger partial charge in [0, 0.05) is 12.2 Å². The van der Waals surface area contributed by atoms with Crippen LogP contribution >= 0.6 is 12.2 Å². The first-order valence-corrected chi connectivity index (χ1v) is 7.79. The second kappa shape index (κ2) is 9.78. The Labute approximate surface area is 141 Å². The van der Waals surface area contributed by atoms with Gasteiger partial charge >= 0.3 is 11.9 Å². The third-order valence-corrected chi connectivity index (χ3v) is 3.35. The summed E-state index contributed by atoms with van der Waals surface area (Å²) in [5, 5.41) is 6.47. The highest BCUT2D eigenvalue weighted by Gasteiger charge is 2.14. The molecule has 2 N–H and O–H groups in total. The maximum atomic E-state index is 11.7. The summed E-state index contributed by atoms with van der Waals surface area (Å²) in [7, 11) is 2.56. The van der Waals surface area contributed by atoms with E-state index in [1.54, 1.807) is 12.1 Å². The first-order valence-electron chi connectivity index (χ1n) is 7.38. The monoisotopic (exact) mass is 338 g/mol. The average Bonchev–Trinajstić information content (AvgIpc) is 2.56. The van der Waals surface area contributed by atoms with Crippen LogP contribution < -0.4 is 10.6 Å². The van der Waals surface area contributed by atoms with Gasteiger partial charge in [0.2, 0.25) is 0 Å². The summed E-state index contributed by atoms with van der Waals surface area (Å²) in [4.78, 5) is 23.4. The number of benzene rings is 1. The Morgan fingerprint density at radius 3 is 2.09 bits per heavy atom. The largest absolute Gasteiger partial charge is 0.465 e. The Hall–Kier alpha value is -2.15. The highest BCUT2D eigenvalue weighted by Crippen LogP contribution is 2.17. The zero-order chi connectivity index (χ0) is 17.2. The van der Waals surface area contributed by atoms with Crippen LogP contribution in [0.2, 0.25) is 0 Å². The molecule has 0 heterocycles. The molecule has 0 saturated heterocycles. The van der Waals surface area contributed by atoms with Gasteiger partial charge in [0.25, 0.3) is 0 Å². The number of anilines is 1. The van der Waals surface area contributed by atoms with Gasteiger partial charge in [0.05, 0.1) is 25.3 Å². The van der Waals surface area contributed by atoms with E-state index in [1.165, 1.54) is 20.3 Å². The van der Waals surface area contributed by atoms with Crippen molar-refractivity contribution < 1.29 is 19.1 Å². The quantitative estimate of drug-likeness (QED) is 0.450. The Morgan fingerprint density at radius 2 is 1.61 bits per heavy atom. The lowest BCUT2D eigenvalue weighted by molar-refractivity contribution is 0.0599. The molecule has 6 nitrogen and oxygen atoms in total. The molecule has 0 saturated carbocycles. The van der Waals surface area contributed by atoms with Gasteiger partial charge in [0.1, 0.15) is 0 Å². The smallest absolute Gasteiger partial charge is 0.337 e. The molecule has 1 aromatic rings. The molecule has 0 aliphatic carbocycles. The second-order valence-corrected chi connectivity index (χ2v) is 5.28. The lowest BCUT2D eigenvalue weighted by atomic mass is 10.1. The standard InChI is InChI=1S/C16H22N2O4S/c1-4-5-6-7-17-16(23)18-13-9-11(14(19)21-2)8-12(10-13)15(20)22-3/h8-10H,4-7H2,1-3H3,(H2,17,18,23). The van der Waals surface area contributed by atoms with Crippen molar-refractivity contribution in [3.8, 4) is 0 Å². The van der Waals surface area contributed by atoms with Gasteiger partial charge in [-0.05, 0) is 36.8 Å². The fourth-order valence-electron chi connectivity index (χ4n) is 1.92. The summed E-state index contributed by atoms with van der Waals surface area (Å²) in [6.45, 7) is 2.89. The van der Waals surface area contributed by atoms with Crippen molar-refractivity contribution in [3.05, 3.63) is 29.3 Å². The molecule has 1 aromatic carbocycles. The summed E-state index contributed by atoms with van der Waals surface area (Å²) in [6.07, 6.45) is 3.28. The summed E-state index contributed by atoms with van der Waals surface area (Å²) in [5.41, 5.74) is 1.000. The Kier molecular flexibility index (Phi) is 8.04. The van der Waals surface area contributed by atoms with E-state index < -0.39 is 11.9 Å². The van der Waals surface area contributed by atoms with E-state index in [0.717, 1.165) is 25.8 Å². The van der Waals surface area contributed by atoms with Crippen LogP contribution in [0.5, 0.6) is 0 Å². The number of ether oxygens (including phenoxy) is 2. The molecule has 0 fully saturated rings. The number of unbranched alkanes of at least 4 members (excludes halogenated alkanes) is 2. The van der Waals surface area contributed by atoms with Gasteiger partial charge in [-0.15, -0.1) is 0 Å². The van der Waals surface area contributed by atoms with E-state index >= 15 is 0 Å². The van der Waals surface area contributed by atoms with E-state index in [9.17, 15) is 9.59 Å². The number of hydrogen-bond donors (Lipinski definition) is 2. The summed E-state index contributed by atoms with van der Waals surface area (Å²) in [5.74, 6) is -1.08. The predicted octanol–water partition coefficient (Wildman–Crippen LogP) is 2.74. The van der Waals surface area contributed by atoms with E-state index in [-0.39, 0.29) is 11.1 Å². The number of hydrogen-bond acceptors (Lipinski definition) is 5. The van der Waals surface area contributed by atoms with Crippen LogP contribution in [-0.2, 0) is 9.47 Å². The average molecular weight is 338 g/mol. The number of nitrogens with one attached hydrogen (secondary N) is 2. The van der Waals surface area contributed by atoms with Gasteiger partial charge in [-0.3, -0.25) is 0 Å². The van der Waals surface area contributed by atoms with Crippen LogP contribution in [0.3, 0.4) is 0 Å². The molecule has 0 amide bonds. The number of rotatable bonds is 7. The zero-order valence-electron chi connectivity index (χ0n) is 13.6. The molecule has 23 heavy (non-hydrogen) atoms. The fraction of sp³-hybridized carbons (Fsp3) is 0.438. The summed E-state index contributed by atoms with van der Waals surface area (Å²) < 4.78 is 9.38. The molecule has 7 heteroatoms. The van der Waals surface area contributed by atoms with Crippen molar-refractivity contribution in [2.24, 2.45) is 0 Å². The zero-order valence-corrected chi connectivity index (χ0v) is 14.4. The van der Waals surface area contributed by atoms with Crippen molar-refractivity contribution in [2.75, 3.05) is 26.1 Å². The summed E-state index contributed by atoms with van der Waals surface area (Å²) >= 11 is 5.21. The van der Waals surface area contributed by atoms with Gasteiger partial charge in [-0.1, -0.05) is 19.8 Å². The molecule has 0 radical (unpaired) electrons. The van der Waals surface area contributed by atoms with Crippen LogP contribution in [0, 0.1) is 0 Å². The van der Waals surface area contributed by atoms with Crippen molar-refractivity contribution in [1.29, 1.82) is 0 Å². The van der Waals surface area contributed by atoms with Crippen LogP contribution in [0.4, 0.5) is 5.69 Å². The highest BCUT2D eigenvalue weighted by atomic mass is 32.1. The van der Waals surface area contributed by atoms with Crippen LogP contribution in [0.25, 0.3) is 0 Å². The minimum absolute atomic E-state index is 0.242. The van der Waals surface area contributed by atoms with Crippen LogP contribution in [-0.4, -0.2) is 37.8 Å². The van der Waals surface area contributed by atoms with Crippen molar-refractivity contribution in [1.82, 2.24) is 5.32 Å². The minimum Gasteiger partial charge on any atom is -0.465 e. The van der Waals surface area contributed by atoms with Gasteiger partial charge in [-0.2, -0.15) is 0 Å². The van der Waals surface area contributed by atoms with E-state index in [2.05, 4.69) is 27.0 Å². The molecule has 0 unspecified atom stereocenters. The van der Waals surface area contributed by atoms with Crippen molar-refractivity contribution in [2.45, 2.75) is 26.2 Å². The molecule has 0 aliphatic heterocycles. The molecule has 0 aliphatic rings. The molecular formula is C16H22N2O4S. The minimum atomic E-state index is -0.541. The van der Waals surface area contributed by atoms with E-state index in [1.807, 2.05) is 0 Å². The number of esters is 2. The fourth-order valence-corrected chi connectivity index (χ4v) is 2.14. The number of carbonyl (C=O) groups is 2. The second-order valence-electron chi connectivity index (χ2n) is 4.87. The Balaban J connectivity index is 2.85. The van der Waals surface area contributed by atoms with E-state index in [0.29, 0.717) is 10.8 Å². The van der Waals surface area contributed by atoms with Gasteiger partial charge < -0.3 is 20.1 Å². The van der Waals surface area contributed by atoms with Gasteiger partial charge in [0.15, 0.2) is 5.11 Å². The molecule has 126 valence electrons. The molecule has 0 aromatic heterocycles. The molecule has 0 atom stereocenters. The third-order valence-electron chi connectivity index (χ3n) is 3.10. The van der Waals surface area contributed by atoms with Crippen molar-refractivity contribution in [3.63, 3.8) is 0 Å². The Morgan fingerprint density at radius 1 is 1.04 bits per heavy atom. The number of methoxy groups -OCH3 is 2. The van der Waals surface area contributed by atoms with Crippen LogP contribution in [0.15, 0.2) is 18.2 Å². The third kappa shape index (κ3) is 6.23. The van der Waals surface area contributed by atoms with E-state index in [4.69, 9.17) is 12.2 Å². The lowest BCUT2D eigenvalue weighted by Crippen LogP contribution is -2.29. The first-order chi connectivity index (χ1) is 11.0. The first kappa shape index (κ1) is 18.9. The lowest BCUT2D eigenvalue weighted by Gasteiger charge is -2.12. The SMILES string of the molecule is CCCCCNC(=S)Nc1cc(C(=O)OC)cc(C(=O)OC)c1. The normalized spacial score (nSPS) is 9.87. The number of carbonyl (C=O) groups excluding carboxylic acids is 2. The molecule has 0 bridgehead atoms. The topological polar surface area (TPSA) is 76.7 Å². The molecule has 0 spiro atoms. The molecule has 1 rings (SSSR count). The molecular weight excluding hydrogens is 316 g/mol. The Bertz CT molecular complexity index is 541. The van der Waals surface area contributed by atoms with Crippen molar-refractivity contribution >= 4 is 35.0 Å². The van der Waals surface area contributed by atoms with Gasteiger partial charge in [-0.25, -0.2) is 9.59 Å². The summed E-state index contributed by atoms with van der Waals surface area (Å²) in [6, 6.07) is 4.55. The van der Waals surface area contributed by atoms with Crippen LogP contribution in [0.1, 0.15) is 46.9 Å². The number of thiocarbonyl (C=S) groups is 1. The maximum absolute atomic E-state index is 11.7. The maximum Gasteiger partial charge on any atom is 0.337 e.